The Hall–Kier alpha value is -2.84. The molecule has 0 unspecified atom stereocenters. The molecule has 0 bridgehead atoms. The number of hydrogen-bond donors (Lipinski definition) is 2. The number of carbonyl (C=O) groups is 1. The zero-order chi connectivity index (χ0) is 25.4. The highest BCUT2D eigenvalue weighted by Crippen LogP contribution is 2.33. The van der Waals surface area contributed by atoms with Crippen LogP contribution in [0, 0.1) is 0 Å². The van der Waals surface area contributed by atoms with Crippen LogP contribution in [0.15, 0.2) is 42.5 Å². The fourth-order valence-electron chi connectivity index (χ4n) is 4.07. The summed E-state index contributed by atoms with van der Waals surface area (Å²) in [6, 6.07) is 10.1. The molecular weight excluding hydrogens is 465 g/mol. The number of unbranched alkanes of at least 4 members (excludes halogenated alkanes) is 1. The molecule has 1 saturated heterocycles. The topological polar surface area (TPSA) is 44.4 Å². The zero-order valence-corrected chi connectivity index (χ0v) is 19.8. The lowest BCUT2D eigenvalue weighted by atomic mass is 10.1. The normalized spacial score (nSPS) is 16.0. The Bertz CT molecular complexity index is 958. The highest BCUT2D eigenvalue weighted by Gasteiger charge is 2.30. The molecule has 1 amide bonds. The maximum Gasteiger partial charge on any atom is 0.416 e. The number of nitrogens with one attached hydrogen (secondary N) is 2. The van der Waals surface area contributed by atoms with Crippen molar-refractivity contribution < 1.29 is 26.7 Å². The molecule has 1 aliphatic rings. The Morgan fingerprint density at radius 1 is 1.03 bits per heavy atom. The molecule has 3 rings (SSSR count). The van der Waals surface area contributed by atoms with Gasteiger partial charge in [0.05, 0.1) is 16.9 Å². The van der Waals surface area contributed by atoms with E-state index >= 15 is 0 Å². The molecule has 192 valence electrons. The first-order valence-electron chi connectivity index (χ1n) is 12.1. The van der Waals surface area contributed by atoms with E-state index in [-0.39, 0.29) is 6.42 Å². The average molecular weight is 498 g/mol. The summed E-state index contributed by atoms with van der Waals surface area (Å²) in [7, 11) is 0. The molecule has 35 heavy (non-hydrogen) atoms. The summed E-state index contributed by atoms with van der Waals surface area (Å²) in [5.74, 6) is -1.00. The van der Waals surface area contributed by atoms with E-state index in [9.17, 15) is 26.7 Å². The lowest BCUT2D eigenvalue weighted by Gasteiger charge is -2.31. The van der Waals surface area contributed by atoms with Crippen LogP contribution in [0.5, 0.6) is 0 Å². The summed E-state index contributed by atoms with van der Waals surface area (Å²) < 4.78 is 66.8. The first kappa shape index (κ1) is 26.8. The predicted octanol–water partition coefficient (Wildman–Crippen LogP) is 7.11. The minimum absolute atomic E-state index is 0.00310. The van der Waals surface area contributed by atoms with Gasteiger partial charge < -0.3 is 15.5 Å². The van der Waals surface area contributed by atoms with Crippen LogP contribution in [0.4, 0.5) is 39.0 Å². The standard InChI is InChI=1S/C26H32F5N3O/c1-2-3-7-21(27)24(28)25(35)33-22-13-12-20(16-23(22)34-14-5-4-6-15-34)32-17-18-8-10-19(11-9-18)26(29,30)31/h8-13,16,21,24,32H,2-7,14-15,17H2,1H3,(H,33,35)/t21-,24-/m0/s1. The van der Waals surface area contributed by atoms with E-state index in [4.69, 9.17) is 0 Å². The maximum absolute atomic E-state index is 14.4. The van der Waals surface area contributed by atoms with E-state index in [0.29, 0.717) is 35.6 Å². The minimum atomic E-state index is -4.38. The SMILES string of the molecule is CCCC[C@H](F)[C@H](F)C(=O)Nc1ccc(NCc2ccc(C(F)(F)F)cc2)cc1N1CCCCC1. The molecule has 1 heterocycles. The molecule has 0 aromatic heterocycles. The highest BCUT2D eigenvalue weighted by molar-refractivity contribution is 5.98. The lowest BCUT2D eigenvalue weighted by molar-refractivity contribution is -0.137. The number of halogens is 5. The second-order valence-electron chi connectivity index (χ2n) is 8.88. The quantitative estimate of drug-likeness (QED) is 0.344. The van der Waals surface area contributed by atoms with Gasteiger partial charge in [-0.2, -0.15) is 13.2 Å². The van der Waals surface area contributed by atoms with E-state index in [1.165, 1.54) is 12.1 Å². The largest absolute Gasteiger partial charge is 0.416 e. The Labute approximate surface area is 202 Å². The fourth-order valence-corrected chi connectivity index (χ4v) is 4.07. The van der Waals surface area contributed by atoms with Gasteiger partial charge in [-0.25, -0.2) is 8.78 Å². The van der Waals surface area contributed by atoms with E-state index in [1.807, 2.05) is 13.0 Å². The number of anilines is 3. The summed E-state index contributed by atoms with van der Waals surface area (Å²) in [5.41, 5.74) is 1.78. The van der Waals surface area contributed by atoms with E-state index in [1.54, 1.807) is 12.1 Å². The van der Waals surface area contributed by atoms with Gasteiger partial charge in [-0.15, -0.1) is 0 Å². The molecule has 0 radical (unpaired) electrons. The van der Waals surface area contributed by atoms with Crippen LogP contribution in [0.2, 0.25) is 0 Å². The Balaban J connectivity index is 1.73. The third-order valence-electron chi connectivity index (χ3n) is 6.13. The molecule has 4 nitrogen and oxygen atoms in total. The van der Waals surface area contributed by atoms with Crippen molar-refractivity contribution in [2.24, 2.45) is 0 Å². The monoisotopic (exact) mass is 497 g/mol. The van der Waals surface area contributed by atoms with Crippen LogP contribution in [0.25, 0.3) is 0 Å². The van der Waals surface area contributed by atoms with E-state index < -0.39 is 30.0 Å². The fraction of sp³-hybridized carbons (Fsp3) is 0.500. The smallest absolute Gasteiger partial charge is 0.381 e. The number of benzene rings is 2. The summed E-state index contributed by atoms with van der Waals surface area (Å²) in [4.78, 5) is 14.5. The van der Waals surface area contributed by atoms with Gasteiger partial charge >= 0.3 is 6.18 Å². The van der Waals surface area contributed by atoms with Gasteiger partial charge in [0.25, 0.3) is 5.91 Å². The van der Waals surface area contributed by atoms with E-state index in [2.05, 4.69) is 15.5 Å². The first-order valence-corrected chi connectivity index (χ1v) is 12.1. The van der Waals surface area contributed by atoms with Crippen LogP contribution >= 0.6 is 0 Å². The van der Waals surface area contributed by atoms with Gasteiger partial charge in [0.15, 0.2) is 0 Å². The Morgan fingerprint density at radius 2 is 1.71 bits per heavy atom. The molecule has 0 aliphatic carbocycles. The van der Waals surface area contributed by atoms with E-state index in [0.717, 1.165) is 50.9 Å². The number of hydrogen-bond acceptors (Lipinski definition) is 3. The van der Waals surface area contributed by atoms with Crippen molar-refractivity contribution in [2.45, 2.75) is 70.5 Å². The number of nitrogens with zero attached hydrogens (tertiary/aromatic N) is 1. The summed E-state index contributed by atoms with van der Waals surface area (Å²) in [6.45, 7) is 3.72. The molecule has 1 aliphatic heterocycles. The van der Waals surface area contributed by atoms with Crippen molar-refractivity contribution in [1.29, 1.82) is 0 Å². The predicted molar refractivity (Wildman–Crippen MR) is 129 cm³/mol. The molecule has 1 fully saturated rings. The maximum atomic E-state index is 14.4. The molecular formula is C26H32F5N3O. The molecule has 0 saturated carbocycles. The second kappa shape index (κ2) is 12.2. The summed E-state index contributed by atoms with van der Waals surface area (Å²) >= 11 is 0. The van der Waals surface area contributed by atoms with Crippen molar-refractivity contribution in [3.8, 4) is 0 Å². The molecule has 0 spiro atoms. The molecule has 2 aromatic carbocycles. The van der Waals surface area contributed by atoms with Gasteiger partial charge in [-0.3, -0.25) is 4.79 Å². The minimum Gasteiger partial charge on any atom is -0.381 e. The van der Waals surface area contributed by atoms with Gasteiger partial charge in [-0.05, 0) is 61.6 Å². The first-order chi connectivity index (χ1) is 16.7. The average Bonchev–Trinajstić information content (AvgIpc) is 2.86. The highest BCUT2D eigenvalue weighted by atomic mass is 19.4. The lowest BCUT2D eigenvalue weighted by Crippen LogP contribution is -2.34. The van der Waals surface area contributed by atoms with Gasteiger partial charge in [0.2, 0.25) is 6.17 Å². The van der Waals surface area contributed by atoms with Gasteiger partial charge in [0, 0.05) is 25.3 Å². The zero-order valence-electron chi connectivity index (χ0n) is 19.8. The number of carbonyl (C=O) groups excluding carboxylic acids is 1. The van der Waals surface area contributed by atoms with Crippen molar-refractivity contribution in [3.05, 3.63) is 53.6 Å². The molecule has 2 N–H and O–H groups in total. The summed E-state index contributed by atoms with van der Waals surface area (Å²) in [5, 5.41) is 5.75. The number of rotatable bonds is 10. The van der Waals surface area contributed by atoms with Crippen LogP contribution < -0.4 is 15.5 Å². The Morgan fingerprint density at radius 3 is 2.34 bits per heavy atom. The third kappa shape index (κ3) is 7.57. The van der Waals surface area contributed by atoms with Crippen molar-refractivity contribution in [2.75, 3.05) is 28.6 Å². The second-order valence-corrected chi connectivity index (χ2v) is 8.88. The van der Waals surface area contributed by atoms with Gasteiger partial charge in [0.1, 0.15) is 6.17 Å². The molecule has 2 aromatic rings. The van der Waals surface area contributed by atoms with Crippen molar-refractivity contribution in [1.82, 2.24) is 0 Å². The molecule has 2 atom stereocenters. The van der Waals surface area contributed by atoms with Crippen LogP contribution in [0.1, 0.15) is 56.6 Å². The number of amides is 1. The Kier molecular flexibility index (Phi) is 9.34. The van der Waals surface area contributed by atoms with Crippen molar-refractivity contribution in [3.63, 3.8) is 0 Å². The van der Waals surface area contributed by atoms with Gasteiger partial charge in [-0.1, -0.05) is 31.9 Å². The van der Waals surface area contributed by atoms with Crippen LogP contribution in [0.3, 0.4) is 0 Å². The number of piperidine rings is 1. The van der Waals surface area contributed by atoms with Crippen molar-refractivity contribution >= 4 is 23.0 Å². The van der Waals surface area contributed by atoms with Crippen LogP contribution in [-0.2, 0) is 17.5 Å². The number of alkyl halides is 5. The summed E-state index contributed by atoms with van der Waals surface area (Å²) in [6.07, 6.45) is -4.20. The molecule has 9 heteroatoms. The van der Waals surface area contributed by atoms with Crippen LogP contribution in [-0.4, -0.2) is 31.3 Å². The third-order valence-corrected chi connectivity index (χ3v) is 6.13.